The van der Waals surface area contributed by atoms with Gasteiger partial charge in [-0.25, -0.2) is 4.98 Å². The molecule has 29 heavy (non-hydrogen) atoms. The standard InChI is InChI=1S/C22H25N3O3S/c1-16(26)25(20-7-5-6-8-21(20)28-4)22-23-18(15-29-22)14-24(2)13-17-9-11-19(27-3)12-10-17/h5-12,15H,13-14H2,1-4H3. The second-order valence-electron chi connectivity index (χ2n) is 6.67. The fourth-order valence-corrected chi connectivity index (χ4v) is 3.94. The summed E-state index contributed by atoms with van der Waals surface area (Å²) < 4.78 is 10.6. The van der Waals surface area contributed by atoms with E-state index in [4.69, 9.17) is 14.5 Å². The van der Waals surface area contributed by atoms with Gasteiger partial charge in [0, 0.05) is 25.4 Å². The molecule has 0 aliphatic heterocycles. The Kier molecular flexibility index (Phi) is 6.85. The molecule has 0 bridgehead atoms. The predicted octanol–water partition coefficient (Wildman–Crippen LogP) is 4.48. The first-order chi connectivity index (χ1) is 14.0. The van der Waals surface area contributed by atoms with Gasteiger partial charge in [-0.2, -0.15) is 0 Å². The molecule has 152 valence electrons. The average molecular weight is 412 g/mol. The van der Waals surface area contributed by atoms with Crippen LogP contribution in [0.15, 0.2) is 53.9 Å². The molecule has 0 saturated carbocycles. The summed E-state index contributed by atoms with van der Waals surface area (Å²) in [6.45, 7) is 3.00. The number of ether oxygens (including phenoxy) is 2. The Hall–Kier alpha value is -2.90. The molecule has 0 spiro atoms. The van der Waals surface area contributed by atoms with Crippen molar-refractivity contribution in [2.75, 3.05) is 26.2 Å². The molecule has 0 unspecified atom stereocenters. The van der Waals surface area contributed by atoms with E-state index >= 15 is 0 Å². The van der Waals surface area contributed by atoms with Crippen LogP contribution in [-0.4, -0.2) is 37.1 Å². The summed E-state index contributed by atoms with van der Waals surface area (Å²) in [6.07, 6.45) is 0. The van der Waals surface area contributed by atoms with Gasteiger partial charge in [-0.05, 0) is 36.9 Å². The molecule has 0 aliphatic carbocycles. The van der Waals surface area contributed by atoms with Crippen LogP contribution in [0, 0.1) is 0 Å². The highest BCUT2D eigenvalue weighted by Crippen LogP contribution is 2.35. The minimum absolute atomic E-state index is 0.109. The third-order valence-corrected chi connectivity index (χ3v) is 5.29. The van der Waals surface area contributed by atoms with E-state index in [2.05, 4.69) is 17.0 Å². The SMILES string of the molecule is COc1ccc(CN(C)Cc2csc(N(C(C)=O)c3ccccc3OC)n2)cc1. The lowest BCUT2D eigenvalue weighted by Gasteiger charge is -2.20. The highest BCUT2D eigenvalue weighted by Gasteiger charge is 2.21. The minimum Gasteiger partial charge on any atom is -0.497 e. The Morgan fingerprint density at radius 2 is 1.76 bits per heavy atom. The lowest BCUT2D eigenvalue weighted by molar-refractivity contribution is -0.115. The van der Waals surface area contributed by atoms with E-state index in [1.807, 2.05) is 48.8 Å². The van der Waals surface area contributed by atoms with E-state index in [0.29, 0.717) is 23.1 Å². The molecule has 0 atom stereocenters. The Labute approximate surface area is 175 Å². The van der Waals surface area contributed by atoms with Crippen LogP contribution in [0.1, 0.15) is 18.2 Å². The molecule has 0 saturated heterocycles. The van der Waals surface area contributed by atoms with Gasteiger partial charge in [-0.3, -0.25) is 14.6 Å². The van der Waals surface area contributed by atoms with Gasteiger partial charge < -0.3 is 9.47 Å². The summed E-state index contributed by atoms with van der Waals surface area (Å²) in [4.78, 5) is 20.8. The zero-order valence-electron chi connectivity index (χ0n) is 17.1. The maximum Gasteiger partial charge on any atom is 0.230 e. The van der Waals surface area contributed by atoms with Crippen molar-refractivity contribution in [1.29, 1.82) is 0 Å². The highest BCUT2D eigenvalue weighted by atomic mass is 32.1. The molecule has 1 amide bonds. The van der Waals surface area contributed by atoms with Gasteiger partial charge >= 0.3 is 0 Å². The van der Waals surface area contributed by atoms with Gasteiger partial charge in [0.15, 0.2) is 5.13 Å². The first-order valence-electron chi connectivity index (χ1n) is 9.21. The minimum atomic E-state index is -0.109. The van der Waals surface area contributed by atoms with E-state index in [9.17, 15) is 4.79 Å². The van der Waals surface area contributed by atoms with Crippen LogP contribution in [-0.2, 0) is 17.9 Å². The van der Waals surface area contributed by atoms with Crippen LogP contribution < -0.4 is 14.4 Å². The second kappa shape index (κ2) is 9.54. The topological polar surface area (TPSA) is 54.9 Å². The normalized spacial score (nSPS) is 10.8. The number of para-hydroxylation sites is 2. The molecule has 0 radical (unpaired) electrons. The third-order valence-electron chi connectivity index (χ3n) is 4.42. The molecule has 0 aliphatic rings. The molecule has 3 aromatic rings. The quantitative estimate of drug-likeness (QED) is 0.547. The molecule has 7 heteroatoms. The van der Waals surface area contributed by atoms with Crippen LogP contribution in [0.4, 0.5) is 10.8 Å². The zero-order chi connectivity index (χ0) is 20.8. The van der Waals surface area contributed by atoms with Crippen molar-refractivity contribution in [3.8, 4) is 11.5 Å². The number of hydrogen-bond acceptors (Lipinski definition) is 6. The summed E-state index contributed by atoms with van der Waals surface area (Å²) in [5, 5.41) is 2.63. The molecule has 0 fully saturated rings. The fourth-order valence-electron chi connectivity index (χ4n) is 3.07. The predicted molar refractivity (Wildman–Crippen MR) is 116 cm³/mol. The molecule has 1 heterocycles. The number of aromatic nitrogens is 1. The second-order valence-corrected chi connectivity index (χ2v) is 7.50. The zero-order valence-corrected chi connectivity index (χ0v) is 17.9. The van der Waals surface area contributed by atoms with Crippen LogP contribution in [0.3, 0.4) is 0 Å². The number of carbonyl (C=O) groups is 1. The number of carbonyl (C=O) groups excluding carboxylic acids is 1. The van der Waals surface area contributed by atoms with E-state index in [-0.39, 0.29) is 5.91 Å². The van der Waals surface area contributed by atoms with Gasteiger partial charge in [0.25, 0.3) is 0 Å². The maximum absolute atomic E-state index is 12.4. The molecule has 0 N–H and O–H groups in total. The highest BCUT2D eigenvalue weighted by molar-refractivity contribution is 7.14. The van der Waals surface area contributed by atoms with Gasteiger partial charge in [-0.1, -0.05) is 24.3 Å². The van der Waals surface area contributed by atoms with Crippen LogP contribution in [0.2, 0.25) is 0 Å². The van der Waals surface area contributed by atoms with Crippen LogP contribution in [0.5, 0.6) is 11.5 Å². The van der Waals surface area contributed by atoms with Crippen molar-refractivity contribution in [3.63, 3.8) is 0 Å². The molecular formula is C22H25N3O3S. The van der Waals surface area contributed by atoms with E-state index in [1.54, 1.807) is 19.1 Å². The summed E-state index contributed by atoms with van der Waals surface area (Å²) in [7, 11) is 5.31. The number of rotatable bonds is 8. The van der Waals surface area contributed by atoms with Crippen molar-refractivity contribution in [2.45, 2.75) is 20.0 Å². The molecule has 6 nitrogen and oxygen atoms in total. The smallest absolute Gasteiger partial charge is 0.230 e. The Morgan fingerprint density at radius 1 is 1.03 bits per heavy atom. The largest absolute Gasteiger partial charge is 0.497 e. The third kappa shape index (κ3) is 5.13. The van der Waals surface area contributed by atoms with E-state index in [0.717, 1.165) is 18.0 Å². The number of thiazole rings is 1. The van der Waals surface area contributed by atoms with Crippen LogP contribution >= 0.6 is 11.3 Å². The van der Waals surface area contributed by atoms with E-state index < -0.39 is 0 Å². The van der Waals surface area contributed by atoms with Gasteiger partial charge in [-0.15, -0.1) is 11.3 Å². The van der Waals surface area contributed by atoms with Crippen molar-refractivity contribution >= 4 is 28.1 Å². The summed E-state index contributed by atoms with van der Waals surface area (Å²) >= 11 is 1.45. The number of amides is 1. The van der Waals surface area contributed by atoms with E-state index in [1.165, 1.54) is 23.8 Å². The average Bonchev–Trinajstić information content (AvgIpc) is 3.16. The molecular weight excluding hydrogens is 386 g/mol. The van der Waals surface area contributed by atoms with Crippen molar-refractivity contribution in [3.05, 3.63) is 65.2 Å². The molecule has 1 aromatic heterocycles. The fraction of sp³-hybridized carbons (Fsp3) is 0.273. The number of nitrogens with zero attached hydrogens (tertiary/aromatic N) is 3. The summed E-state index contributed by atoms with van der Waals surface area (Å²) in [5.41, 5.74) is 2.81. The summed E-state index contributed by atoms with van der Waals surface area (Å²) in [6, 6.07) is 15.5. The van der Waals surface area contributed by atoms with Gasteiger partial charge in [0.05, 0.1) is 25.6 Å². The number of anilines is 2. The lowest BCUT2D eigenvalue weighted by atomic mass is 10.2. The number of methoxy groups -OCH3 is 2. The maximum atomic E-state index is 12.4. The van der Waals surface area contributed by atoms with Crippen molar-refractivity contribution in [1.82, 2.24) is 9.88 Å². The Morgan fingerprint density at radius 3 is 2.41 bits per heavy atom. The lowest BCUT2D eigenvalue weighted by Crippen LogP contribution is -2.23. The summed E-state index contributed by atoms with van der Waals surface area (Å²) in [5.74, 6) is 1.37. The molecule has 2 aromatic carbocycles. The van der Waals surface area contributed by atoms with Gasteiger partial charge in [0.1, 0.15) is 11.5 Å². The Balaban J connectivity index is 1.73. The first kappa shape index (κ1) is 20.8. The number of hydrogen-bond donors (Lipinski definition) is 0. The monoisotopic (exact) mass is 411 g/mol. The first-order valence-corrected chi connectivity index (χ1v) is 10.1. The van der Waals surface area contributed by atoms with Crippen molar-refractivity contribution < 1.29 is 14.3 Å². The van der Waals surface area contributed by atoms with Gasteiger partial charge in [0.2, 0.25) is 5.91 Å². The van der Waals surface area contributed by atoms with Crippen molar-refractivity contribution in [2.24, 2.45) is 0 Å². The number of benzene rings is 2. The van der Waals surface area contributed by atoms with Crippen LogP contribution in [0.25, 0.3) is 0 Å². The molecule has 3 rings (SSSR count). The Bertz CT molecular complexity index is 956.